The summed E-state index contributed by atoms with van der Waals surface area (Å²) in [5.41, 5.74) is 3.31. The van der Waals surface area contributed by atoms with Gasteiger partial charge in [0.05, 0.1) is 12.8 Å². The number of hydrogen-bond donors (Lipinski definition) is 2. The molecule has 3 rings (SSSR count). The highest BCUT2D eigenvalue weighted by molar-refractivity contribution is 5.58. The van der Waals surface area contributed by atoms with E-state index in [-0.39, 0.29) is 0 Å². The van der Waals surface area contributed by atoms with Crippen molar-refractivity contribution in [1.29, 1.82) is 0 Å². The molecule has 1 saturated heterocycles. The molecular formula is C20H26N2O2. The standard InChI is InChI=1S/C20H26N2O2/c1-15-6-5-8-19(23)17(15)14-21-16-10-12-22(13-11-16)18-7-3-4-9-20(18)24-2/h3-9,16,21,23H,10-14H2,1-2H3. The molecule has 128 valence electrons. The zero-order chi connectivity index (χ0) is 16.9. The molecule has 2 N–H and O–H groups in total. The summed E-state index contributed by atoms with van der Waals surface area (Å²) < 4.78 is 5.47. The number of aryl methyl sites for hydroxylation is 1. The average molecular weight is 326 g/mol. The molecule has 1 aliphatic rings. The number of rotatable bonds is 5. The highest BCUT2D eigenvalue weighted by Crippen LogP contribution is 2.30. The Morgan fingerprint density at radius 3 is 2.58 bits per heavy atom. The monoisotopic (exact) mass is 326 g/mol. The minimum absolute atomic E-state index is 0.383. The number of ether oxygens (including phenoxy) is 1. The second-order valence-electron chi connectivity index (χ2n) is 6.39. The van der Waals surface area contributed by atoms with Crippen LogP contribution in [0.1, 0.15) is 24.0 Å². The molecule has 1 aliphatic heterocycles. The number of hydrogen-bond acceptors (Lipinski definition) is 4. The SMILES string of the molecule is COc1ccccc1N1CCC(NCc2c(C)cccc2O)CC1. The number of nitrogens with zero attached hydrogens (tertiary/aromatic N) is 1. The number of phenolic OH excluding ortho intramolecular Hbond substituents is 1. The van der Waals surface area contributed by atoms with Crippen molar-refractivity contribution in [2.24, 2.45) is 0 Å². The second kappa shape index (κ2) is 7.58. The minimum Gasteiger partial charge on any atom is -0.508 e. The summed E-state index contributed by atoms with van der Waals surface area (Å²) in [7, 11) is 1.72. The molecule has 4 heteroatoms. The van der Waals surface area contributed by atoms with Crippen molar-refractivity contribution in [2.45, 2.75) is 32.4 Å². The lowest BCUT2D eigenvalue weighted by Crippen LogP contribution is -2.42. The number of methoxy groups -OCH3 is 1. The fourth-order valence-electron chi connectivity index (χ4n) is 3.38. The van der Waals surface area contributed by atoms with E-state index in [1.54, 1.807) is 13.2 Å². The van der Waals surface area contributed by atoms with Gasteiger partial charge in [-0.1, -0.05) is 24.3 Å². The van der Waals surface area contributed by atoms with Gasteiger partial charge in [0.25, 0.3) is 0 Å². The third-order valence-corrected chi connectivity index (χ3v) is 4.87. The molecule has 0 radical (unpaired) electrons. The quantitative estimate of drug-likeness (QED) is 0.883. The van der Waals surface area contributed by atoms with Crippen LogP contribution in [0.3, 0.4) is 0 Å². The van der Waals surface area contributed by atoms with Gasteiger partial charge in [0.2, 0.25) is 0 Å². The van der Waals surface area contributed by atoms with E-state index in [1.807, 2.05) is 31.2 Å². The van der Waals surface area contributed by atoms with E-state index < -0.39 is 0 Å². The van der Waals surface area contributed by atoms with Crippen molar-refractivity contribution < 1.29 is 9.84 Å². The van der Waals surface area contributed by atoms with Gasteiger partial charge in [-0.25, -0.2) is 0 Å². The van der Waals surface area contributed by atoms with Crippen LogP contribution in [0.2, 0.25) is 0 Å². The summed E-state index contributed by atoms with van der Waals surface area (Å²) in [6.07, 6.45) is 2.18. The Hall–Kier alpha value is -2.20. The Bertz CT molecular complexity index is 659. The Labute approximate surface area is 144 Å². The Kier molecular flexibility index (Phi) is 5.26. The minimum atomic E-state index is 0.383. The van der Waals surface area contributed by atoms with E-state index in [2.05, 4.69) is 22.3 Å². The van der Waals surface area contributed by atoms with Crippen LogP contribution < -0.4 is 15.0 Å². The van der Waals surface area contributed by atoms with Crippen LogP contribution in [0.25, 0.3) is 0 Å². The smallest absolute Gasteiger partial charge is 0.142 e. The zero-order valence-electron chi connectivity index (χ0n) is 14.5. The third-order valence-electron chi connectivity index (χ3n) is 4.87. The number of nitrogens with one attached hydrogen (secondary N) is 1. The van der Waals surface area contributed by atoms with Gasteiger partial charge in [0.1, 0.15) is 11.5 Å². The molecule has 0 spiro atoms. The number of aromatic hydroxyl groups is 1. The molecule has 1 heterocycles. The zero-order valence-corrected chi connectivity index (χ0v) is 14.5. The molecule has 0 aliphatic carbocycles. The summed E-state index contributed by atoms with van der Waals surface area (Å²) in [5.74, 6) is 1.32. The van der Waals surface area contributed by atoms with Crippen LogP contribution in [0.5, 0.6) is 11.5 Å². The molecule has 4 nitrogen and oxygen atoms in total. The first-order chi connectivity index (χ1) is 11.7. The predicted octanol–water partition coefficient (Wildman–Crippen LogP) is 3.47. The molecule has 0 atom stereocenters. The molecule has 2 aromatic carbocycles. The van der Waals surface area contributed by atoms with Gasteiger partial charge in [-0.2, -0.15) is 0 Å². The Balaban J connectivity index is 1.56. The van der Waals surface area contributed by atoms with Gasteiger partial charge >= 0.3 is 0 Å². The average Bonchev–Trinajstić information content (AvgIpc) is 2.62. The van der Waals surface area contributed by atoms with Gasteiger partial charge in [-0.3, -0.25) is 0 Å². The fraction of sp³-hybridized carbons (Fsp3) is 0.400. The van der Waals surface area contributed by atoms with E-state index in [0.717, 1.165) is 49.4 Å². The number of piperidine rings is 1. The molecule has 0 bridgehead atoms. The van der Waals surface area contributed by atoms with E-state index in [9.17, 15) is 5.11 Å². The Morgan fingerprint density at radius 1 is 1.12 bits per heavy atom. The third kappa shape index (κ3) is 3.65. The van der Waals surface area contributed by atoms with Crippen LogP contribution in [-0.4, -0.2) is 31.3 Å². The largest absolute Gasteiger partial charge is 0.508 e. The van der Waals surface area contributed by atoms with Crippen LogP contribution >= 0.6 is 0 Å². The van der Waals surface area contributed by atoms with E-state index in [4.69, 9.17) is 4.74 Å². The molecule has 1 fully saturated rings. The summed E-state index contributed by atoms with van der Waals surface area (Å²) in [6, 6.07) is 14.4. The lowest BCUT2D eigenvalue weighted by atomic mass is 10.0. The molecule has 0 aromatic heterocycles. The van der Waals surface area contributed by atoms with Crippen molar-refractivity contribution in [1.82, 2.24) is 5.32 Å². The highest BCUT2D eigenvalue weighted by atomic mass is 16.5. The topological polar surface area (TPSA) is 44.7 Å². The maximum Gasteiger partial charge on any atom is 0.142 e. The van der Waals surface area contributed by atoms with Gasteiger partial charge in [-0.15, -0.1) is 0 Å². The molecule has 0 unspecified atom stereocenters. The molecular weight excluding hydrogens is 300 g/mol. The lowest BCUT2D eigenvalue weighted by molar-refractivity contribution is 0.394. The van der Waals surface area contributed by atoms with Crippen molar-refractivity contribution in [2.75, 3.05) is 25.1 Å². The van der Waals surface area contributed by atoms with E-state index in [0.29, 0.717) is 11.8 Å². The van der Waals surface area contributed by atoms with Gasteiger partial charge in [0, 0.05) is 31.2 Å². The van der Waals surface area contributed by atoms with E-state index >= 15 is 0 Å². The summed E-state index contributed by atoms with van der Waals surface area (Å²) in [5, 5.41) is 13.6. The predicted molar refractivity (Wildman–Crippen MR) is 97.9 cm³/mol. The summed E-state index contributed by atoms with van der Waals surface area (Å²) in [4.78, 5) is 2.39. The van der Waals surface area contributed by atoms with Crippen LogP contribution in [-0.2, 0) is 6.54 Å². The van der Waals surface area contributed by atoms with Crippen molar-refractivity contribution in [3.63, 3.8) is 0 Å². The molecule has 2 aromatic rings. The van der Waals surface area contributed by atoms with Gasteiger partial charge in [0.15, 0.2) is 0 Å². The van der Waals surface area contributed by atoms with Gasteiger partial charge in [-0.05, 0) is 43.5 Å². The summed E-state index contributed by atoms with van der Waals surface area (Å²) >= 11 is 0. The molecule has 0 saturated carbocycles. The Morgan fingerprint density at radius 2 is 1.88 bits per heavy atom. The molecule has 0 amide bonds. The fourth-order valence-corrected chi connectivity index (χ4v) is 3.38. The first-order valence-electron chi connectivity index (χ1n) is 8.58. The van der Waals surface area contributed by atoms with Crippen LogP contribution in [0, 0.1) is 6.92 Å². The summed E-state index contributed by atoms with van der Waals surface area (Å²) in [6.45, 7) is 4.79. The first-order valence-corrected chi connectivity index (χ1v) is 8.58. The highest BCUT2D eigenvalue weighted by Gasteiger charge is 2.21. The normalized spacial score (nSPS) is 15.5. The lowest BCUT2D eigenvalue weighted by Gasteiger charge is -2.34. The maximum absolute atomic E-state index is 10.0. The number of anilines is 1. The number of phenols is 1. The number of benzene rings is 2. The van der Waals surface area contributed by atoms with Crippen LogP contribution in [0.4, 0.5) is 5.69 Å². The maximum atomic E-state index is 10.0. The van der Waals surface area contributed by atoms with Crippen molar-refractivity contribution in [3.05, 3.63) is 53.6 Å². The van der Waals surface area contributed by atoms with Crippen molar-refractivity contribution in [3.8, 4) is 11.5 Å². The van der Waals surface area contributed by atoms with E-state index in [1.165, 1.54) is 5.69 Å². The van der Waals surface area contributed by atoms with Crippen LogP contribution in [0.15, 0.2) is 42.5 Å². The van der Waals surface area contributed by atoms with Gasteiger partial charge < -0.3 is 20.1 Å². The second-order valence-corrected chi connectivity index (χ2v) is 6.39. The number of para-hydroxylation sites is 2. The van der Waals surface area contributed by atoms with Crippen molar-refractivity contribution >= 4 is 5.69 Å². The molecule has 24 heavy (non-hydrogen) atoms. The first kappa shape index (κ1) is 16.7.